The number of hydrogen-bond donors (Lipinski definition) is 2. The Morgan fingerprint density at radius 1 is 1.00 bits per heavy atom. The number of esters is 1. The van der Waals surface area contributed by atoms with E-state index in [1.807, 2.05) is 36.4 Å². The van der Waals surface area contributed by atoms with Crippen LogP contribution in [0, 0.1) is 17.8 Å². The molecule has 1 aromatic heterocycles. The molecule has 2 aromatic carbocycles. The molecule has 4 fully saturated rings. The lowest BCUT2D eigenvalue weighted by Gasteiger charge is -2.56. The topological polar surface area (TPSA) is 91.5 Å². The van der Waals surface area contributed by atoms with Crippen molar-refractivity contribution in [3.05, 3.63) is 70.9 Å². The van der Waals surface area contributed by atoms with Crippen molar-refractivity contribution in [1.82, 2.24) is 15.2 Å². The Morgan fingerprint density at radius 3 is 2.21 bits per heavy atom. The summed E-state index contributed by atoms with van der Waals surface area (Å²) >= 11 is 6.15. The van der Waals surface area contributed by atoms with Crippen LogP contribution < -0.4 is 5.32 Å². The number of amides is 2. The van der Waals surface area contributed by atoms with Crippen LogP contribution in [0.1, 0.15) is 71.7 Å². The number of ether oxygens (including phenoxy) is 1. The Balaban J connectivity index is 1.25. The highest BCUT2D eigenvalue weighted by Crippen LogP contribution is 2.55. The van der Waals surface area contributed by atoms with Gasteiger partial charge in [-0.3, -0.25) is 9.59 Å². The SMILES string of the molecule is [B]C([B])(Cl)C(=O)N1[C@@H](c2ccc(C(=O)NC34CC5CC(CC(C5)C3)C4)cc2)c2[nH]c3ccccc3c2C[C@@H]1C(=O)OC. The minimum Gasteiger partial charge on any atom is -0.467 e. The molecule has 4 bridgehead atoms. The fourth-order valence-electron chi connectivity index (χ4n) is 8.80. The summed E-state index contributed by atoms with van der Waals surface area (Å²) in [5.74, 6) is 0.681. The fraction of sp³-hybridized carbons (Fsp3) is 0.469. The van der Waals surface area contributed by atoms with Crippen LogP contribution >= 0.6 is 11.6 Å². The van der Waals surface area contributed by atoms with E-state index in [1.165, 1.54) is 31.3 Å². The van der Waals surface area contributed by atoms with Gasteiger partial charge in [0.2, 0.25) is 5.91 Å². The van der Waals surface area contributed by atoms with Gasteiger partial charge in [0.05, 0.1) is 28.8 Å². The van der Waals surface area contributed by atoms with Gasteiger partial charge in [0.25, 0.3) is 5.91 Å². The second kappa shape index (κ2) is 9.93. The lowest BCUT2D eigenvalue weighted by molar-refractivity contribution is -0.154. The number of benzene rings is 2. The van der Waals surface area contributed by atoms with Crippen LogP contribution in [0.2, 0.25) is 0 Å². The lowest BCUT2D eigenvalue weighted by atomic mass is 9.53. The van der Waals surface area contributed by atoms with Crippen LogP contribution in [0.15, 0.2) is 48.5 Å². The number of halogens is 1. The molecule has 8 rings (SSSR count). The number of para-hydroxylation sites is 1. The van der Waals surface area contributed by atoms with Crippen molar-refractivity contribution in [2.75, 3.05) is 7.11 Å². The molecule has 212 valence electrons. The van der Waals surface area contributed by atoms with E-state index in [2.05, 4.69) is 10.3 Å². The average Bonchev–Trinajstić information content (AvgIpc) is 3.32. The van der Waals surface area contributed by atoms with Crippen molar-refractivity contribution in [3.8, 4) is 0 Å². The number of methoxy groups -OCH3 is 1. The van der Waals surface area contributed by atoms with Gasteiger partial charge in [-0.25, -0.2) is 4.79 Å². The van der Waals surface area contributed by atoms with Crippen molar-refractivity contribution < 1.29 is 19.1 Å². The number of rotatable bonds is 5. The average molecular weight is 580 g/mol. The van der Waals surface area contributed by atoms with E-state index in [-0.39, 0.29) is 17.9 Å². The third kappa shape index (κ3) is 4.55. The molecule has 5 aliphatic rings. The number of nitrogens with zero attached hydrogens (tertiary/aromatic N) is 1. The van der Waals surface area contributed by atoms with Gasteiger partial charge in [-0.1, -0.05) is 30.3 Å². The first-order chi connectivity index (χ1) is 20.0. The molecule has 4 saturated carbocycles. The molecule has 1 aliphatic heterocycles. The van der Waals surface area contributed by atoms with Crippen LogP contribution in [0.25, 0.3) is 10.9 Å². The number of carbonyl (C=O) groups is 3. The second-order valence-corrected chi connectivity index (χ2v) is 13.6. The maximum absolute atomic E-state index is 13.6. The maximum atomic E-state index is 13.6. The third-order valence-corrected chi connectivity index (χ3v) is 10.2. The predicted octanol–water partition coefficient (Wildman–Crippen LogP) is 4.11. The maximum Gasteiger partial charge on any atom is 0.328 e. The van der Waals surface area contributed by atoms with E-state index in [0.29, 0.717) is 11.1 Å². The highest BCUT2D eigenvalue weighted by molar-refractivity contribution is 6.71. The first-order valence-corrected chi connectivity index (χ1v) is 15.1. The first kappa shape index (κ1) is 27.6. The number of aromatic amines is 1. The first-order valence-electron chi connectivity index (χ1n) is 14.7. The molecule has 4 aliphatic carbocycles. The summed E-state index contributed by atoms with van der Waals surface area (Å²) in [5.41, 5.74) is 3.63. The Kier molecular flexibility index (Phi) is 6.54. The van der Waals surface area contributed by atoms with E-state index in [9.17, 15) is 14.4 Å². The van der Waals surface area contributed by atoms with Gasteiger partial charge >= 0.3 is 5.97 Å². The summed E-state index contributed by atoms with van der Waals surface area (Å²) in [6, 6.07) is 13.2. The Hall–Kier alpha value is -3.19. The highest BCUT2D eigenvalue weighted by atomic mass is 35.5. The van der Waals surface area contributed by atoms with E-state index in [4.69, 9.17) is 32.0 Å². The van der Waals surface area contributed by atoms with Crippen LogP contribution in [-0.4, -0.2) is 66.7 Å². The van der Waals surface area contributed by atoms with Crippen LogP contribution in [0.4, 0.5) is 0 Å². The number of carbonyl (C=O) groups excluding carboxylic acids is 3. The molecular weight excluding hydrogens is 547 g/mol. The molecule has 4 radical (unpaired) electrons. The van der Waals surface area contributed by atoms with Gasteiger partial charge in [0.1, 0.15) is 6.04 Å². The minimum atomic E-state index is -2.24. The second-order valence-electron chi connectivity index (χ2n) is 13.0. The summed E-state index contributed by atoms with van der Waals surface area (Å²) in [5, 5.41) is 4.38. The Bertz CT molecular complexity index is 1550. The molecule has 0 spiro atoms. The zero-order valence-corrected chi connectivity index (χ0v) is 24.3. The van der Waals surface area contributed by atoms with Crippen LogP contribution in [0.5, 0.6) is 0 Å². The van der Waals surface area contributed by atoms with Gasteiger partial charge < -0.3 is 19.9 Å². The van der Waals surface area contributed by atoms with Crippen LogP contribution in [-0.2, 0) is 20.7 Å². The zero-order chi connectivity index (χ0) is 29.4. The lowest BCUT2D eigenvalue weighted by Crippen LogP contribution is -2.59. The molecule has 3 aromatic rings. The summed E-state index contributed by atoms with van der Waals surface area (Å²) in [4.78, 5) is 45.0. The quantitative estimate of drug-likeness (QED) is 0.271. The van der Waals surface area contributed by atoms with Crippen molar-refractivity contribution in [1.29, 1.82) is 0 Å². The smallest absolute Gasteiger partial charge is 0.328 e. The summed E-state index contributed by atoms with van der Waals surface area (Å²) in [7, 11) is 13.1. The van der Waals surface area contributed by atoms with Gasteiger partial charge in [0.15, 0.2) is 0 Å². The largest absolute Gasteiger partial charge is 0.467 e. The standard InChI is InChI=1S/C32H32B2ClN3O4/c1-42-29(40)25-13-23-22-4-2-3-5-24(22)36-26(23)27(38(25)30(41)32(33,34)35)20-6-8-21(9-7-20)28(39)37-31-14-17-10-18(15-31)12-19(11-17)16-31/h2-9,17-19,25,27,36H,10-16H2,1H3,(H,37,39)/t17?,18?,19?,25-,27+,31?/m1/s1. The van der Waals surface area contributed by atoms with E-state index < -0.39 is 28.6 Å². The molecule has 2 amide bonds. The number of aromatic nitrogens is 1. The zero-order valence-electron chi connectivity index (χ0n) is 23.6. The molecular formula is C32H32B2ClN3O4. The van der Waals surface area contributed by atoms with E-state index >= 15 is 0 Å². The van der Waals surface area contributed by atoms with Gasteiger partial charge in [-0.2, -0.15) is 0 Å². The molecule has 42 heavy (non-hydrogen) atoms. The normalized spacial score (nSPS) is 29.8. The molecule has 7 nitrogen and oxygen atoms in total. The van der Waals surface area contributed by atoms with Crippen LogP contribution in [0.3, 0.4) is 0 Å². The molecule has 2 N–H and O–H groups in total. The number of fused-ring (bicyclic) bond motifs is 3. The summed E-state index contributed by atoms with van der Waals surface area (Å²) < 4.78 is 2.87. The van der Waals surface area contributed by atoms with Crippen molar-refractivity contribution >= 4 is 56.0 Å². The van der Waals surface area contributed by atoms with Gasteiger partial charge in [-0.05, 0) is 85.6 Å². The number of hydrogen-bond acceptors (Lipinski definition) is 4. The molecule has 0 saturated heterocycles. The Morgan fingerprint density at radius 2 is 1.62 bits per heavy atom. The van der Waals surface area contributed by atoms with Gasteiger partial charge in [0, 0.05) is 38.8 Å². The van der Waals surface area contributed by atoms with E-state index in [1.54, 1.807) is 12.1 Å². The predicted molar refractivity (Wildman–Crippen MR) is 161 cm³/mol. The summed E-state index contributed by atoms with van der Waals surface area (Å²) in [6.45, 7) is 0. The molecule has 2 heterocycles. The minimum absolute atomic E-state index is 0.0810. The number of nitrogens with one attached hydrogen (secondary N) is 2. The highest BCUT2D eigenvalue weighted by Gasteiger charge is 2.52. The molecule has 10 heteroatoms. The third-order valence-electron chi connectivity index (χ3n) is 10.1. The molecule has 2 atom stereocenters. The van der Waals surface area contributed by atoms with Gasteiger partial charge in [-0.15, -0.1) is 11.6 Å². The monoisotopic (exact) mass is 579 g/mol. The fourth-order valence-corrected chi connectivity index (χ4v) is 8.89. The van der Waals surface area contributed by atoms with Crippen molar-refractivity contribution in [2.24, 2.45) is 17.8 Å². The number of alkyl halides is 1. The van der Waals surface area contributed by atoms with Crippen molar-refractivity contribution in [2.45, 2.75) is 67.2 Å². The number of H-pyrrole nitrogens is 1. The van der Waals surface area contributed by atoms with Crippen molar-refractivity contribution in [3.63, 3.8) is 0 Å². The summed E-state index contributed by atoms with van der Waals surface area (Å²) in [6.07, 6.45) is 7.32. The van der Waals surface area contributed by atoms with E-state index in [0.717, 1.165) is 59.2 Å². The molecule has 0 unspecified atom stereocenters. The Labute approximate surface area is 252 Å².